The molecule has 2 saturated heterocycles. The molecule has 2 amide bonds. The summed E-state index contributed by atoms with van der Waals surface area (Å²) in [6, 6.07) is 38.9. The second-order valence-electron chi connectivity index (χ2n) is 16.6. The Hall–Kier alpha value is -5.64. The number of nitrogens with zero attached hydrogens (tertiary/aromatic N) is 2. The number of carbonyl (C=O) groups is 2. The van der Waals surface area contributed by atoms with E-state index in [0.717, 1.165) is 79.1 Å². The van der Waals surface area contributed by atoms with E-state index in [0.29, 0.717) is 23.4 Å². The number of primary amides is 1. The van der Waals surface area contributed by atoms with Gasteiger partial charge in [-0.15, -0.1) is 0 Å². The summed E-state index contributed by atoms with van der Waals surface area (Å²) in [5.74, 6) is 1.81. The van der Waals surface area contributed by atoms with Crippen molar-refractivity contribution < 1.29 is 18.7 Å². The Morgan fingerprint density at radius 1 is 0.867 bits per heavy atom. The van der Waals surface area contributed by atoms with E-state index in [9.17, 15) is 9.59 Å². The molecule has 0 saturated carbocycles. The highest BCUT2D eigenvalue weighted by Gasteiger charge is 2.37. The van der Waals surface area contributed by atoms with Crippen molar-refractivity contribution in [1.29, 1.82) is 0 Å². The largest absolute Gasteiger partial charge is 0.493 e. The number of amides is 2. The van der Waals surface area contributed by atoms with E-state index in [1.165, 1.54) is 22.3 Å². The number of nitrogens with two attached hydrogens (primary N) is 1. The second kappa shape index (κ2) is 18.3. The van der Waals surface area contributed by atoms with Crippen molar-refractivity contribution in [2.45, 2.75) is 63.8 Å². The minimum Gasteiger partial charge on any atom is -0.493 e. The SMILES string of the molecule is CC(C(N)=O)C1CCN(c2ccc3oc(-c4ccc(Cl)cc4)nc3c2)CC1c1ccccc1.Cc1cc2c(cc1C)C(C(=O)NC1CCNCC1c1ccccc1)CCO2. The van der Waals surface area contributed by atoms with Crippen molar-refractivity contribution >= 4 is 40.2 Å². The number of rotatable bonds is 8. The first-order valence-corrected chi connectivity index (χ1v) is 21.6. The normalized spacial score (nSPS) is 21.8. The van der Waals surface area contributed by atoms with E-state index < -0.39 is 0 Å². The summed E-state index contributed by atoms with van der Waals surface area (Å²) in [6.07, 6.45) is 2.59. The molecule has 310 valence electrons. The third-order valence-electron chi connectivity index (χ3n) is 12.8. The smallest absolute Gasteiger partial charge is 0.228 e. The minimum atomic E-state index is -0.229. The molecule has 0 bridgehead atoms. The summed E-state index contributed by atoms with van der Waals surface area (Å²) < 4.78 is 11.8. The van der Waals surface area contributed by atoms with Crippen LogP contribution < -0.4 is 26.0 Å². The molecule has 6 aromatic rings. The number of fused-ring (bicyclic) bond motifs is 2. The summed E-state index contributed by atoms with van der Waals surface area (Å²) in [6.45, 7) is 10.3. The fourth-order valence-corrected chi connectivity index (χ4v) is 9.31. The predicted molar refractivity (Wildman–Crippen MR) is 240 cm³/mol. The summed E-state index contributed by atoms with van der Waals surface area (Å²) in [4.78, 5) is 32.3. The van der Waals surface area contributed by atoms with Gasteiger partial charge < -0.3 is 30.4 Å². The zero-order valence-electron chi connectivity index (χ0n) is 34.6. The number of oxazole rings is 1. The van der Waals surface area contributed by atoms with Crippen molar-refractivity contribution in [3.8, 4) is 17.2 Å². The maximum atomic E-state index is 13.2. The number of anilines is 1. The molecule has 9 rings (SSSR count). The Kier molecular flexibility index (Phi) is 12.6. The van der Waals surface area contributed by atoms with Gasteiger partial charge in [-0.1, -0.05) is 85.3 Å². The average molecular weight is 824 g/mol. The second-order valence-corrected chi connectivity index (χ2v) is 17.0. The van der Waals surface area contributed by atoms with E-state index in [-0.39, 0.29) is 41.5 Å². The van der Waals surface area contributed by atoms with Gasteiger partial charge in [0.1, 0.15) is 11.3 Å². The van der Waals surface area contributed by atoms with Crippen LogP contribution in [0, 0.1) is 25.7 Å². The highest BCUT2D eigenvalue weighted by molar-refractivity contribution is 6.30. The van der Waals surface area contributed by atoms with Crippen LogP contribution in [0.5, 0.6) is 5.75 Å². The van der Waals surface area contributed by atoms with Gasteiger partial charge >= 0.3 is 0 Å². The first-order valence-electron chi connectivity index (χ1n) is 21.2. The van der Waals surface area contributed by atoms with Gasteiger partial charge in [0.15, 0.2) is 5.58 Å². The fraction of sp³-hybridized carbons (Fsp3) is 0.340. The lowest BCUT2D eigenvalue weighted by Crippen LogP contribution is -2.49. The number of hydrogen-bond acceptors (Lipinski definition) is 7. The van der Waals surface area contributed by atoms with E-state index >= 15 is 0 Å². The highest BCUT2D eigenvalue weighted by atomic mass is 35.5. The van der Waals surface area contributed by atoms with Crippen LogP contribution in [0.1, 0.15) is 71.8 Å². The Morgan fingerprint density at radius 2 is 1.57 bits per heavy atom. The maximum absolute atomic E-state index is 13.2. The van der Waals surface area contributed by atoms with Crippen LogP contribution in [0.3, 0.4) is 0 Å². The summed E-state index contributed by atoms with van der Waals surface area (Å²) in [5.41, 5.74) is 15.2. The van der Waals surface area contributed by atoms with Crippen LogP contribution in [0.4, 0.5) is 5.69 Å². The van der Waals surface area contributed by atoms with Crippen LogP contribution in [0.25, 0.3) is 22.6 Å². The molecule has 6 atom stereocenters. The van der Waals surface area contributed by atoms with E-state index in [2.05, 4.69) is 102 Å². The van der Waals surface area contributed by atoms with Crippen LogP contribution in [0.2, 0.25) is 5.02 Å². The molecule has 0 spiro atoms. The molecule has 3 aliphatic rings. The van der Waals surface area contributed by atoms with Crippen molar-refractivity contribution in [3.63, 3.8) is 0 Å². The molecule has 4 heterocycles. The van der Waals surface area contributed by atoms with Crippen LogP contribution >= 0.6 is 11.6 Å². The molecule has 6 unspecified atom stereocenters. The third-order valence-corrected chi connectivity index (χ3v) is 13.1. The topological polar surface area (TPSA) is 123 Å². The molecule has 60 heavy (non-hydrogen) atoms. The lowest BCUT2D eigenvalue weighted by molar-refractivity contribution is -0.124. The van der Waals surface area contributed by atoms with E-state index in [1.54, 1.807) is 0 Å². The lowest BCUT2D eigenvalue weighted by atomic mass is 9.74. The molecule has 5 aromatic carbocycles. The molecular weight excluding hydrogens is 770 g/mol. The maximum Gasteiger partial charge on any atom is 0.228 e. The van der Waals surface area contributed by atoms with Crippen molar-refractivity contribution in [1.82, 2.24) is 15.6 Å². The number of aryl methyl sites for hydroxylation is 2. The molecular formula is C50H54ClN5O4. The average Bonchev–Trinajstić information content (AvgIpc) is 3.71. The molecule has 9 nitrogen and oxygen atoms in total. The zero-order chi connectivity index (χ0) is 41.8. The number of hydrogen-bond donors (Lipinski definition) is 3. The van der Waals surface area contributed by atoms with Gasteiger partial charge in [0.2, 0.25) is 17.7 Å². The van der Waals surface area contributed by atoms with Crippen molar-refractivity contribution in [3.05, 3.63) is 148 Å². The number of aromatic nitrogens is 1. The number of piperidine rings is 2. The number of ether oxygens (including phenoxy) is 1. The number of nitrogens with one attached hydrogen (secondary N) is 2. The Bertz CT molecular complexity index is 2420. The molecule has 2 fully saturated rings. The third kappa shape index (κ3) is 9.08. The summed E-state index contributed by atoms with van der Waals surface area (Å²) >= 11 is 6.01. The molecule has 4 N–H and O–H groups in total. The van der Waals surface area contributed by atoms with Crippen LogP contribution in [0.15, 0.2) is 120 Å². The van der Waals surface area contributed by atoms with Crippen LogP contribution in [-0.4, -0.2) is 55.6 Å². The van der Waals surface area contributed by atoms with E-state index in [1.807, 2.05) is 49.4 Å². The van der Waals surface area contributed by atoms with Gasteiger partial charge in [-0.3, -0.25) is 9.59 Å². The minimum absolute atomic E-state index is 0.126. The highest BCUT2D eigenvalue weighted by Crippen LogP contribution is 2.40. The first kappa shape index (κ1) is 41.1. The van der Waals surface area contributed by atoms with Crippen LogP contribution in [-0.2, 0) is 9.59 Å². The Labute approximate surface area is 357 Å². The zero-order valence-corrected chi connectivity index (χ0v) is 35.3. The van der Waals surface area contributed by atoms with Gasteiger partial charge in [-0.05, 0) is 116 Å². The number of carbonyl (C=O) groups excluding carboxylic acids is 2. The fourth-order valence-electron chi connectivity index (χ4n) is 9.18. The lowest BCUT2D eigenvalue weighted by Gasteiger charge is -2.42. The first-order chi connectivity index (χ1) is 29.1. The molecule has 3 aliphatic heterocycles. The van der Waals surface area contributed by atoms with Gasteiger partial charge in [-0.25, -0.2) is 4.98 Å². The van der Waals surface area contributed by atoms with E-state index in [4.69, 9.17) is 31.5 Å². The molecule has 10 heteroatoms. The Balaban J connectivity index is 0.000000170. The number of benzene rings is 5. The summed E-state index contributed by atoms with van der Waals surface area (Å²) in [5, 5.41) is 7.53. The molecule has 0 aliphatic carbocycles. The van der Waals surface area contributed by atoms with Gasteiger partial charge in [-0.2, -0.15) is 0 Å². The van der Waals surface area contributed by atoms with Gasteiger partial charge in [0, 0.05) is 65.3 Å². The van der Waals surface area contributed by atoms with Crippen molar-refractivity contribution in [2.75, 3.05) is 37.7 Å². The predicted octanol–water partition coefficient (Wildman–Crippen LogP) is 9.31. The van der Waals surface area contributed by atoms with Gasteiger partial charge in [0.25, 0.3) is 0 Å². The molecule has 0 radical (unpaired) electrons. The monoisotopic (exact) mass is 823 g/mol. The molecule has 1 aromatic heterocycles. The number of halogens is 1. The quantitative estimate of drug-likeness (QED) is 0.140. The van der Waals surface area contributed by atoms with Gasteiger partial charge in [0.05, 0.1) is 12.5 Å². The van der Waals surface area contributed by atoms with Crippen molar-refractivity contribution in [2.24, 2.45) is 17.6 Å². The standard InChI is InChI=1S/C27H26ClN3O2.C23H28N2O2/c1-17(26(29)32)22-13-14-31(16-23(22)18-5-3-2-4-6-18)21-11-12-25-24(15-21)30-27(33-25)19-7-9-20(28)10-8-19;1-15-12-19-18(9-11-27-22(19)13-16(15)2)23(26)25-21-8-10-24-14-20(21)17-6-4-3-5-7-17/h2-12,15,17,22-23H,13-14,16H2,1H3,(H2,29,32);3-7,12-13,18,20-21,24H,8-11,14H2,1-2H3,(H,25,26). The Morgan fingerprint density at radius 3 is 2.28 bits per heavy atom. The summed E-state index contributed by atoms with van der Waals surface area (Å²) in [7, 11) is 0.